The Balaban J connectivity index is 1.37. The number of anilines is 1. The van der Waals surface area contributed by atoms with Crippen LogP contribution in [0.4, 0.5) is 10.1 Å². The fourth-order valence-corrected chi connectivity index (χ4v) is 6.91. The lowest BCUT2D eigenvalue weighted by Crippen LogP contribution is -2.40. The van der Waals surface area contributed by atoms with E-state index in [4.69, 9.17) is 9.47 Å². The Bertz CT molecular complexity index is 1650. The van der Waals surface area contributed by atoms with Crippen molar-refractivity contribution in [3.05, 3.63) is 63.7 Å². The zero-order valence-corrected chi connectivity index (χ0v) is 23.8. The molecule has 3 N–H and O–H groups in total. The molecule has 3 aromatic rings. The molecule has 13 heteroatoms. The number of halogens is 1. The molecule has 11 nitrogen and oxygen atoms in total. The fourth-order valence-electron chi connectivity index (χ4n) is 6.19. The quantitative estimate of drug-likeness (QED) is 0.153. The molecule has 42 heavy (non-hydrogen) atoms. The fraction of sp³-hybridized carbons (Fsp3) is 0.414. The number of aromatic nitrogens is 1. The summed E-state index contributed by atoms with van der Waals surface area (Å²) in [5, 5.41) is 3.53. The van der Waals surface area contributed by atoms with Gasteiger partial charge in [0.15, 0.2) is 11.6 Å². The third-order valence-electron chi connectivity index (χ3n) is 8.40. The lowest BCUT2D eigenvalue weighted by atomic mass is 9.94. The number of carbonyl (C=O) groups excluding carboxylic acids is 2. The van der Waals surface area contributed by atoms with Crippen LogP contribution in [0.5, 0.6) is 11.5 Å². The van der Waals surface area contributed by atoms with Gasteiger partial charge in [0.1, 0.15) is 28.9 Å². The molecule has 6 rings (SSSR count). The molecule has 0 amide bonds. The van der Waals surface area contributed by atoms with E-state index in [9.17, 15) is 28.7 Å². The number of carbonyl (C=O) groups is 2. The van der Waals surface area contributed by atoms with E-state index in [1.165, 1.54) is 43.6 Å². The second kappa shape index (κ2) is 10.9. The summed E-state index contributed by atoms with van der Waals surface area (Å²) in [4.78, 5) is 58.8. The molecule has 2 aliphatic heterocycles. The van der Waals surface area contributed by atoms with E-state index in [-0.39, 0.29) is 46.4 Å². The first-order valence-electron chi connectivity index (χ1n) is 13.9. The zero-order valence-electron chi connectivity index (χ0n) is 22.9. The standard InChI is InChI=1S/C29H31FN3O8P/c1-40-28-25-20(11-22(30)26(28)32-12-17-3-2-10-31-23(17)14-32)27(35)21(13-33(25)18-6-7-18)29(36)41-19-8-4-16(5-9-19)24(15-34)42(37,38)39/h4-5,8-9,11,13,15,17-18,23-24,31H,2-3,6-7,10,12,14H2,1H3,(H2,37,38,39)/t17-,23+,24?/m0/s1. The molecule has 0 bridgehead atoms. The van der Waals surface area contributed by atoms with Crippen LogP contribution in [0.15, 0.2) is 41.3 Å². The number of aldehydes is 1. The van der Waals surface area contributed by atoms with Crippen LogP contribution in [-0.2, 0) is 9.36 Å². The minimum Gasteiger partial charge on any atom is -0.492 e. The number of hydrogen-bond donors (Lipinski definition) is 3. The molecule has 0 spiro atoms. The Morgan fingerprint density at radius 3 is 2.55 bits per heavy atom. The monoisotopic (exact) mass is 599 g/mol. The van der Waals surface area contributed by atoms with Gasteiger partial charge in [0, 0.05) is 31.4 Å². The van der Waals surface area contributed by atoms with Gasteiger partial charge < -0.3 is 38.8 Å². The lowest BCUT2D eigenvalue weighted by Gasteiger charge is -2.25. The Morgan fingerprint density at radius 2 is 1.93 bits per heavy atom. The molecule has 2 saturated heterocycles. The minimum atomic E-state index is -4.72. The number of nitrogens with zero attached hydrogens (tertiary/aromatic N) is 2. The number of fused-ring (bicyclic) bond motifs is 2. The minimum absolute atomic E-state index is 0.000186. The molecule has 1 aliphatic carbocycles. The van der Waals surface area contributed by atoms with E-state index in [0.717, 1.165) is 32.2 Å². The predicted molar refractivity (Wildman–Crippen MR) is 152 cm³/mol. The van der Waals surface area contributed by atoms with Crippen LogP contribution in [0.3, 0.4) is 0 Å². The van der Waals surface area contributed by atoms with Crippen LogP contribution in [0, 0.1) is 11.7 Å². The summed E-state index contributed by atoms with van der Waals surface area (Å²) < 4.78 is 40.4. The molecule has 1 unspecified atom stereocenters. The second-order valence-electron chi connectivity index (χ2n) is 11.1. The number of ether oxygens (including phenoxy) is 2. The number of hydrogen-bond acceptors (Lipinski definition) is 8. The number of rotatable bonds is 8. The van der Waals surface area contributed by atoms with Gasteiger partial charge in [-0.1, -0.05) is 12.1 Å². The first-order chi connectivity index (χ1) is 20.1. The predicted octanol–water partition coefficient (Wildman–Crippen LogP) is 3.31. The second-order valence-corrected chi connectivity index (χ2v) is 12.9. The Labute approximate surface area is 240 Å². The van der Waals surface area contributed by atoms with Crippen LogP contribution in [0.25, 0.3) is 10.9 Å². The first kappa shape index (κ1) is 28.5. The van der Waals surface area contributed by atoms with E-state index in [0.29, 0.717) is 30.2 Å². The van der Waals surface area contributed by atoms with Gasteiger partial charge in [-0.25, -0.2) is 9.18 Å². The van der Waals surface area contributed by atoms with Gasteiger partial charge in [0.25, 0.3) is 0 Å². The summed E-state index contributed by atoms with van der Waals surface area (Å²) in [6.07, 6.45) is 5.36. The summed E-state index contributed by atoms with van der Waals surface area (Å²) in [5.41, 5.74) is -1.84. The topological polar surface area (TPSA) is 147 Å². The summed E-state index contributed by atoms with van der Waals surface area (Å²) >= 11 is 0. The van der Waals surface area contributed by atoms with Crippen LogP contribution in [0.2, 0.25) is 0 Å². The van der Waals surface area contributed by atoms with Crippen molar-refractivity contribution in [3.8, 4) is 11.5 Å². The number of pyridine rings is 1. The average molecular weight is 600 g/mol. The van der Waals surface area contributed by atoms with Crippen molar-refractivity contribution in [2.24, 2.45) is 5.92 Å². The largest absolute Gasteiger partial charge is 0.492 e. The molecule has 3 heterocycles. The van der Waals surface area contributed by atoms with Crippen molar-refractivity contribution in [3.63, 3.8) is 0 Å². The number of piperidine rings is 1. The van der Waals surface area contributed by atoms with Crippen molar-refractivity contribution in [2.75, 3.05) is 31.6 Å². The Hall–Kier alpha value is -3.57. The van der Waals surface area contributed by atoms with Gasteiger partial charge in [-0.2, -0.15) is 0 Å². The van der Waals surface area contributed by atoms with Crippen LogP contribution in [0.1, 0.15) is 53.3 Å². The number of nitrogens with one attached hydrogen (secondary N) is 1. The molecule has 1 aromatic heterocycles. The Morgan fingerprint density at radius 1 is 1.19 bits per heavy atom. The van der Waals surface area contributed by atoms with Gasteiger partial charge in [-0.15, -0.1) is 0 Å². The summed E-state index contributed by atoms with van der Waals surface area (Å²) in [6.45, 7) is 2.24. The van der Waals surface area contributed by atoms with E-state index in [1.807, 2.05) is 4.90 Å². The maximum atomic E-state index is 15.8. The van der Waals surface area contributed by atoms with Crippen molar-refractivity contribution in [1.29, 1.82) is 0 Å². The summed E-state index contributed by atoms with van der Waals surface area (Å²) in [6, 6.07) is 6.51. The highest BCUT2D eigenvalue weighted by molar-refractivity contribution is 7.53. The van der Waals surface area contributed by atoms with Gasteiger partial charge >= 0.3 is 13.6 Å². The molecule has 3 fully saturated rings. The summed E-state index contributed by atoms with van der Waals surface area (Å²) in [7, 11) is -3.27. The normalized spacial score (nSPS) is 21.2. The molecular weight excluding hydrogens is 568 g/mol. The number of methoxy groups -OCH3 is 1. The lowest BCUT2D eigenvalue weighted by molar-refractivity contribution is -0.107. The van der Waals surface area contributed by atoms with Crippen molar-refractivity contribution in [2.45, 2.75) is 43.4 Å². The highest BCUT2D eigenvalue weighted by Gasteiger charge is 2.38. The Kier molecular flexibility index (Phi) is 7.43. The molecule has 222 valence electrons. The van der Waals surface area contributed by atoms with Crippen molar-refractivity contribution < 1.29 is 37.8 Å². The van der Waals surface area contributed by atoms with Gasteiger partial charge in [-0.3, -0.25) is 9.36 Å². The van der Waals surface area contributed by atoms with Gasteiger partial charge in [0.2, 0.25) is 5.43 Å². The van der Waals surface area contributed by atoms with E-state index in [2.05, 4.69) is 5.32 Å². The first-order valence-corrected chi connectivity index (χ1v) is 15.5. The SMILES string of the molecule is COc1c(N2C[C@@H]3CCCN[C@@H]3C2)c(F)cc2c(=O)c(C(=O)Oc3ccc(C(C=O)P(=O)(O)O)cc3)cn(C3CC3)c12. The molecule has 0 radical (unpaired) electrons. The molecule has 3 aliphatic rings. The molecule has 2 aromatic carbocycles. The van der Waals surface area contributed by atoms with Crippen molar-refractivity contribution in [1.82, 2.24) is 9.88 Å². The van der Waals surface area contributed by atoms with E-state index in [1.54, 1.807) is 4.57 Å². The van der Waals surface area contributed by atoms with Crippen LogP contribution in [-0.4, -0.2) is 59.4 Å². The zero-order chi connectivity index (χ0) is 29.8. The van der Waals surface area contributed by atoms with Crippen molar-refractivity contribution >= 4 is 36.4 Å². The number of esters is 1. The van der Waals surface area contributed by atoms with Crippen LogP contribution < -0.4 is 25.1 Å². The smallest absolute Gasteiger partial charge is 0.349 e. The van der Waals surface area contributed by atoms with Gasteiger partial charge in [-0.05, 0) is 61.9 Å². The third kappa shape index (κ3) is 5.13. The maximum Gasteiger partial charge on any atom is 0.349 e. The van der Waals surface area contributed by atoms with Crippen LogP contribution >= 0.6 is 7.60 Å². The highest BCUT2D eigenvalue weighted by Crippen LogP contribution is 2.50. The molecule has 1 saturated carbocycles. The van der Waals surface area contributed by atoms with E-state index < -0.39 is 30.5 Å². The van der Waals surface area contributed by atoms with Gasteiger partial charge in [0.05, 0.1) is 18.0 Å². The third-order valence-corrected chi connectivity index (χ3v) is 9.55. The maximum absolute atomic E-state index is 15.8. The molecule has 3 atom stereocenters. The highest BCUT2D eigenvalue weighted by atomic mass is 31.2. The summed E-state index contributed by atoms with van der Waals surface area (Å²) in [5.74, 6) is -0.910. The number of benzene rings is 2. The average Bonchev–Trinajstić information content (AvgIpc) is 3.71. The van der Waals surface area contributed by atoms with E-state index >= 15 is 4.39 Å². The molecular formula is C29H31FN3O8P.